The number of benzene rings is 3. The average molecular weight is 459 g/mol. The lowest BCUT2D eigenvalue weighted by Gasteiger charge is -2.26. The van der Waals surface area contributed by atoms with E-state index >= 15 is 0 Å². The molecule has 2 amide bonds. The highest BCUT2D eigenvalue weighted by Crippen LogP contribution is 2.17. The number of amides is 2. The van der Waals surface area contributed by atoms with Crippen LogP contribution in [0.15, 0.2) is 91.0 Å². The molecule has 0 bridgehead atoms. The van der Waals surface area contributed by atoms with Crippen molar-refractivity contribution in [2.75, 3.05) is 0 Å². The number of carbonyl (C=O) groups is 3. The topological polar surface area (TPSA) is 84.5 Å². The minimum atomic E-state index is -0.991. The van der Waals surface area contributed by atoms with Crippen molar-refractivity contribution in [1.29, 1.82) is 0 Å². The number of rotatable bonds is 8. The highest BCUT2D eigenvalue weighted by molar-refractivity contribution is 5.98. The Hall–Kier alpha value is -3.93. The molecule has 0 spiro atoms. The second kappa shape index (κ2) is 11.3. The first-order chi connectivity index (χ1) is 16.2. The third-order valence-electron chi connectivity index (χ3n) is 5.00. The Balaban J connectivity index is 1.85. The minimum Gasteiger partial charge on any atom is -0.458 e. The molecule has 34 heavy (non-hydrogen) atoms. The summed E-state index contributed by atoms with van der Waals surface area (Å²) in [6.45, 7) is 5.33. The molecule has 6 heteroatoms. The van der Waals surface area contributed by atoms with Gasteiger partial charge in [0.05, 0.1) is 0 Å². The van der Waals surface area contributed by atoms with Crippen LogP contribution in [0.25, 0.3) is 0 Å². The first-order valence-electron chi connectivity index (χ1n) is 11.2. The maximum absolute atomic E-state index is 13.4. The maximum atomic E-state index is 13.4. The summed E-state index contributed by atoms with van der Waals surface area (Å²) in [5.41, 5.74) is 1.20. The molecule has 3 rings (SSSR count). The molecule has 0 fully saturated rings. The van der Waals surface area contributed by atoms with Gasteiger partial charge in [0.15, 0.2) is 0 Å². The van der Waals surface area contributed by atoms with E-state index in [1.165, 1.54) is 0 Å². The Kier molecular flexibility index (Phi) is 8.19. The lowest BCUT2D eigenvalue weighted by molar-refractivity contribution is -0.158. The van der Waals surface area contributed by atoms with Gasteiger partial charge in [0.2, 0.25) is 5.91 Å². The van der Waals surface area contributed by atoms with Crippen molar-refractivity contribution in [3.63, 3.8) is 0 Å². The van der Waals surface area contributed by atoms with E-state index in [1.807, 2.05) is 42.5 Å². The van der Waals surface area contributed by atoms with Gasteiger partial charge in [-0.1, -0.05) is 78.9 Å². The van der Waals surface area contributed by atoms with E-state index in [0.717, 1.165) is 5.56 Å². The molecule has 0 aliphatic carbocycles. The number of hydrogen-bond donors (Lipinski definition) is 2. The van der Waals surface area contributed by atoms with Crippen molar-refractivity contribution < 1.29 is 19.1 Å². The Labute approximate surface area is 200 Å². The Morgan fingerprint density at radius 1 is 0.765 bits per heavy atom. The van der Waals surface area contributed by atoms with Crippen LogP contribution in [0.2, 0.25) is 0 Å². The van der Waals surface area contributed by atoms with Crippen molar-refractivity contribution in [2.45, 2.75) is 44.9 Å². The first-order valence-corrected chi connectivity index (χ1v) is 11.2. The lowest BCUT2D eigenvalue weighted by Crippen LogP contribution is -2.49. The SMILES string of the molecule is CC(C)(C)OC(=O)[C@H](Cc1ccccc1)NC(=O)[C@@H](NC(=O)c1ccccc1)c1ccccc1. The predicted octanol–water partition coefficient (Wildman–Crippen LogP) is 4.23. The summed E-state index contributed by atoms with van der Waals surface area (Å²) in [5, 5.41) is 5.62. The third kappa shape index (κ3) is 7.30. The van der Waals surface area contributed by atoms with Gasteiger partial charge in [0.1, 0.15) is 17.7 Å². The fraction of sp³-hybridized carbons (Fsp3) is 0.250. The zero-order valence-electron chi connectivity index (χ0n) is 19.7. The monoisotopic (exact) mass is 458 g/mol. The zero-order chi connectivity index (χ0) is 24.6. The van der Waals surface area contributed by atoms with Gasteiger partial charge in [0, 0.05) is 12.0 Å². The molecule has 176 valence electrons. The zero-order valence-corrected chi connectivity index (χ0v) is 19.7. The fourth-order valence-electron chi connectivity index (χ4n) is 3.42. The number of carbonyl (C=O) groups excluding carboxylic acids is 3. The number of hydrogen-bond acceptors (Lipinski definition) is 4. The van der Waals surface area contributed by atoms with Gasteiger partial charge in [-0.05, 0) is 44.0 Å². The van der Waals surface area contributed by atoms with Gasteiger partial charge < -0.3 is 15.4 Å². The molecule has 0 heterocycles. The second-order valence-corrected chi connectivity index (χ2v) is 8.97. The summed E-state index contributed by atoms with van der Waals surface area (Å²) >= 11 is 0. The lowest BCUT2D eigenvalue weighted by atomic mass is 10.0. The van der Waals surface area contributed by atoms with Crippen LogP contribution in [0.3, 0.4) is 0 Å². The van der Waals surface area contributed by atoms with Gasteiger partial charge in [-0.15, -0.1) is 0 Å². The van der Waals surface area contributed by atoms with Crippen LogP contribution in [0.5, 0.6) is 0 Å². The number of esters is 1. The molecule has 0 aliphatic heterocycles. The van der Waals surface area contributed by atoms with Crippen LogP contribution in [0.1, 0.15) is 48.3 Å². The van der Waals surface area contributed by atoms with Gasteiger partial charge in [-0.2, -0.15) is 0 Å². The van der Waals surface area contributed by atoms with Crippen LogP contribution in [-0.2, 0) is 20.7 Å². The molecule has 0 saturated heterocycles. The Morgan fingerprint density at radius 3 is 1.85 bits per heavy atom. The highest BCUT2D eigenvalue weighted by atomic mass is 16.6. The molecule has 0 saturated carbocycles. The summed E-state index contributed by atoms with van der Waals surface area (Å²) < 4.78 is 5.57. The molecule has 0 radical (unpaired) electrons. The number of nitrogens with one attached hydrogen (secondary N) is 2. The molecule has 3 aromatic rings. The standard InChI is InChI=1S/C28H30N2O4/c1-28(2,3)34-27(33)23(19-20-13-7-4-8-14-20)29-26(32)24(21-15-9-5-10-16-21)30-25(31)22-17-11-6-12-18-22/h4-18,23-24H,19H2,1-3H3,(H,29,32)(H,30,31)/t23-,24-/m0/s1. The predicted molar refractivity (Wildman–Crippen MR) is 131 cm³/mol. The van der Waals surface area contributed by atoms with Gasteiger partial charge in [-0.25, -0.2) is 4.79 Å². The minimum absolute atomic E-state index is 0.260. The quantitative estimate of drug-likeness (QED) is 0.495. The summed E-state index contributed by atoms with van der Waals surface area (Å²) in [6.07, 6.45) is 0.260. The summed E-state index contributed by atoms with van der Waals surface area (Å²) in [6, 6.07) is 25.1. The maximum Gasteiger partial charge on any atom is 0.329 e. The molecular formula is C28H30N2O4. The molecule has 2 N–H and O–H groups in total. The fourth-order valence-corrected chi connectivity index (χ4v) is 3.42. The van der Waals surface area contributed by atoms with E-state index < -0.39 is 29.6 Å². The molecular weight excluding hydrogens is 428 g/mol. The summed E-state index contributed by atoms with van der Waals surface area (Å²) in [5.74, 6) is -1.42. The van der Waals surface area contributed by atoms with Crippen LogP contribution < -0.4 is 10.6 Å². The smallest absolute Gasteiger partial charge is 0.329 e. The van der Waals surface area contributed by atoms with Gasteiger partial charge >= 0.3 is 5.97 Å². The van der Waals surface area contributed by atoms with E-state index in [4.69, 9.17) is 4.74 Å². The molecule has 0 aliphatic rings. The first kappa shape index (κ1) is 24.7. The van der Waals surface area contributed by atoms with Crippen LogP contribution in [0, 0.1) is 0 Å². The molecule has 2 atom stereocenters. The van der Waals surface area contributed by atoms with E-state index in [1.54, 1.807) is 69.3 Å². The molecule has 0 unspecified atom stereocenters. The Bertz CT molecular complexity index is 1090. The van der Waals surface area contributed by atoms with E-state index in [-0.39, 0.29) is 12.3 Å². The third-order valence-corrected chi connectivity index (χ3v) is 5.00. The van der Waals surface area contributed by atoms with Crippen LogP contribution >= 0.6 is 0 Å². The second-order valence-electron chi connectivity index (χ2n) is 8.97. The van der Waals surface area contributed by atoms with Crippen molar-refractivity contribution >= 4 is 17.8 Å². The normalized spacial score (nSPS) is 12.8. The van der Waals surface area contributed by atoms with Crippen molar-refractivity contribution in [3.8, 4) is 0 Å². The van der Waals surface area contributed by atoms with Crippen molar-refractivity contribution in [2.24, 2.45) is 0 Å². The van der Waals surface area contributed by atoms with Gasteiger partial charge in [0.25, 0.3) is 5.91 Å². The van der Waals surface area contributed by atoms with Crippen LogP contribution in [-0.4, -0.2) is 29.4 Å². The molecule has 3 aromatic carbocycles. The van der Waals surface area contributed by atoms with Crippen molar-refractivity contribution in [3.05, 3.63) is 108 Å². The summed E-state index contributed by atoms with van der Waals surface area (Å²) in [4.78, 5) is 39.3. The number of ether oxygens (including phenoxy) is 1. The van der Waals surface area contributed by atoms with E-state index in [9.17, 15) is 14.4 Å². The largest absolute Gasteiger partial charge is 0.458 e. The van der Waals surface area contributed by atoms with E-state index in [2.05, 4.69) is 10.6 Å². The van der Waals surface area contributed by atoms with E-state index in [0.29, 0.717) is 11.1 Å². The van der Waals surface area contributed by atoms with Gasteiger partial charge in [-0.3, -0.25) is 9.59 Å². The average Bonchev–Trinajstić information content (AvgIpc) is 2.82. The van der Waals surface area contributed by atoms with Crippen molar-refractivity contribution in [1.82, 2.24) is 10.6 Å². The molecule has 0 aromatic heterocycles. The molecule has 6 nitrogen and oxygen atoms in total. The van der Waals surface area contributed by atoms with Crippen LogP contribution in [0.4, 0.5) is 0 Å². The Morgan fingerprint density at radius 2 is 1.29 bits per heavy atom. The highest BCUT2D eigenvalue weighted by Gasteiger charge is 2.31. The summed E-state index contributed by atoms with van der Waals surface area (Å²) in [7, 11) is 0.